The Morgan fingerprint density at radius 2 is 1.87 bits per heavy atom. The van der Waals surface area contributed by atoms with Crippen molar-refractivity contribution in [3.05, 3.63) is 48.3 Å². The summed E-state index contributed by atoms with van der Waals surface area (Å²) in [5.74, 6) is 2.03. The number of amides is 1. The molecule has 0 atom stereocenters. The summed E-state index contributed by atoms with van der Waals surface area (Å²) in [6.45, 7) is 8.12. The Bertz CT molecular complexity index is 846. The fourth-order valence-electron chi connectivity index (χ4n) is 3.43. The van der Waals surface area contributed by atoms with E-state index in [-0.39, 0.29) is 5.91 Å². The third-order valence-electron chi connectivity index (χ3n) is 4.88. The Morgan fingerprint density at radius 1 is 1.13 bits per heavy atom. The first-order chi connectivity index (χ1) is 14.5. The Morgan fingerprint density at radius 3 is 2.53 bits per heavy atom. The lowest BCUT2D eigenvalue weighted by atomic mass is 10.1. The molecular weight excluding hydrogens is 378 g/mol. The third-order valence-corrected chi connectivity index (χ3v) is 4.88. The van der Waals surface area contributed by atoms with Gasteiger partial charge in [-0.2, -0.15) is 0 Å². The number of carbonyl (C=O) groups excluding carboxylic acids is 1. The van der Waals surface area contributed by atoms with E-state index in [0.717, 1.165) is 49.3 Å². The van der Waals surface area contributed by atoms with Crippen LogP contribution in [-0.2, 0) is 11.3 Å². The van der Waals surface area contributed by atoms with Crippen LogP contribution in [0.3, 0.4) is 0 Å². The second kappa shape index (κ2) is 10.6. The van der Waals surface area contributed by atoms with Crippen molar-refractivity contribution in [2.24, 2.45) is 10.9 Å². The molecule has 8 heteroatoms. The first kappa shape index (κ1) is 21.5. The van der Waals surface area contributed by atoms with Gasteiger partial charge >= 0.3 is 0 Å². The van der Waals surface area contributed by atoms with Gasteiger partial charge in [0.05, 0.1) is 0 Å². The van der Waals surface area contributed by atoms with Gasteiger partial charge in [0.1, 0.15) is 0 Å². The summed E-state index contributed by atoms with van der Waals surface area (Å²) in [5.41, 5.74) is 1.92. The number of nitrogens with one attached hydrogen (secondary N) is 2. The standard InChI is InChI=1S/C22H31N7O/c1-17(2)14-20(30)27-19-7-4-6-18(15-19)16-26-21(23-3)28-10-12-29(13-11-28)22-24-8-5-9-25-22/h4-9,15,17H,10-14,16H2,1-3H3,(H,23,26)(H,27,30). The highest BCUT2D eigenvalue weighted by molar-refractivity contribution is 5.90. The van der Waals surface area contributed by atoms with Gasteiger partial charge in [0.2, 0.25) is 11.9 Å². The molecule has 1 aliphatic heterocycles. The maximum atomic E-state index is 12.0. The number of rotatable bonds is 6. The van der Waals surface area contributed by atoms with Crippen LogP contribution in [0, 0.1) is 5.92 Å². The highest BCUT2D eigenvalue weighted by atomic mass is 16.1. The van der Waals surface area contributed by atoms with Crippen molar-refractivity contribution < 1.29 is 4.79 Å². The van der Waals surface area contributed by atoms with Crippen LogP contribution in [0.1, 0.15) is 25.8 Å². The summed E-state index contributed by atoms with van der Waals surface area (Å²) in [6, 6.07) is 9.76. The number of aromatic nitrogens is 2. The van der Waals surface area contributed by atoms with Crippen LogP contribution >= 0.6 is 0 Å². The van der Waals surface area contributed by atoms with Crippen LogP contribution in [0.15, 0.2) is 47.7 Å². The highest BCUT2D eigenvalue weighted by Gasteiger charge is 2.21. The molecule has 0 bridgehead atoms. The van der Waals surface area contributed by atoms with Crippen LogP contribution in [0.4, 0.5) is 11.6 Å². The van der Waals surface area contributed by atoms with E-state index in [4.69, 9.17) is 0 Å². The second-order valence-electron chi connectivity index (χ2n) is 7.77. The normalized spacial score (nSPS) is 14.7. The largest absolute Gasteiger partial charge is 0.352 e. The zero-order valence-electron chi connectivity index (χ0n) is 18.0. The number of aliphatic imine (C=N–C) groups is 1. The van der Waals surface area contributed by atoms with Crippen LogP contribution in [0.5, 0.6) is 0 Å². The summed E-state index contributed by atoms with van der Waals surface area (Å²) in [4.78, 5) is 29.6. The van der Waals surface area contributed by atoms with Gasteiger partial charge in [-0.3, -0.25) is 9.79 Å². The topological polar surface area (TPSA) is 85.8 Å². The molecular formula is C22H31N7O. The Balaban J connectivity index is 1.51. The van der Waals surface area contributed by atoms with Crippen LogP contribution in [0.2, 0.25) is 0 Å². The van der Waals surface area contributed by atoms with Crippen LogP contribution in [0.25, 0.3) is 0 Å². The van der Waals surface area contributed by atoms with E-state index in [1.54, 1.807) is 19.4 Å². The quantitative estimate of drug-likeness (QED) is 0.563. The lowest BCUT2D eigenvalue weighted by molar-refractivity contribution is -0.116. The van der Waals surface area contributed by atoms with Gasteiger partial charge in [-0.25, -0.2) is 9.97 Å². The molecule has 2 aromatic rings. The molecule has 1 amide bonds. The average molecular weight is 410 g/mol. The van der Waals surface area contributed by atoms with E-state index in [2.05, 4.69) is 35.4 Å². The van der Waals surface area contributed by atoms with E-state index in [9.17, 15) is 4.79 Å². The summed E-state index contributed by atoms with van der Waals surface area (Å²) in [7, 11) is 1.80. The van der Waals surface area contributed by atoms with E-state index in [1.807, 2.05) is 44.2 Å². The van der Waals surface area contributed by atoms with Crippen molar-refractivity contribution in [1.82, 2.24) is 20.2 Å². The molecule has 0 spiro atoms. The first-order valence-corrected chi connectivity index (χ1v) is 10.4. The number of piperazine rings is 1. The van der Waals surface area contributed by atoms with Crippen LogP contribution in [-0.4, -0.2) is 60.0 Å². The predicted molar refractivity (Wildman–Crippen MR) is 121 cm³/mol. The zero-order chi connectivity index (χ0) is 21.3. The molecule has 30 heavy (non-hydrogen) atoms. The van der Waals surface area contributed by atoms with Crippen molar-refractivity contribution in [3.8, 4) is 0 Å². The van der Waals surface area contributed by atoms with Gasteiger partial charge in [-0.1, -0.05) is 26.0 Å². The molecule has 1 saturated heterocycles. The first-order valence-electron chi connectivity index (χ1n) is 10.4. The molecule has 1 aromatic heterocycles. The van der Waals surface area contributed by atoms with Gasteiger partial charge in [0.25, 0.3) is 0 Å². The second-order valence-corrected chi connectivity index (χ2v) is 7.77. The fraction of sp³-hybridized carbons (Fsp3) is 0.455. The number of benzene rings is 1. The van der Waals surface area contributed by atoms with Crippen molar-refractivity contribution >= 4 is 23.5 Å². The van der Waals surface area contributed by atoms with E-state index < -0.39 is 0 Å². The van der Waals surface area contributed by atoms with Gasteiger partial charge in [-0.15, -0.1) is 0 Å². The van der Waals surface area contributed by atoms with Crippen molar-refractivity contribution in [2.45, 2.75) is 26.8 Å². The highest BCUT2D eigenvalue weighted by Crippen LogP contribution is 2.13. The molecule has 2 N–H and O–H groups in total. The molecule has 0 aliphatic carbocycles. The lowest BCUT2D eigenvalue weighted by Crippen LogP contribution is -2.52. The number of carbonyl (C=O) groups is 1. The maximum absolute atomic E-state index is 12.0. The van der Waals surface area contributed by atoms with Crippen LogP contribution < -0.4 is 15.5 Å². The maximum Gasteiger partial charge on any atom is 0.225 e. The summed E-state index contributed by atoms with van der Waals surface area (Å²) < 4.78 is 0. The molecule has 0 radical (unpaired) electrons. The zero-order valence-corrected chi connectivity index (χ0v) is 18.0. The molecule has 3 rings (SSSR count). The lowest BCUT2D eigenvalue weighted by Gasteiger charge is -2.36. The Hall–Kier alpha value is -3.16. The van der Waals surface area contributed by atoms with Gasteiger partial charge in [0.15, 0.2) is 5.96 Å². The average Bonchev–Trinajstić information content (AvgIpc) is 2.75. The predicted octanol–water partition coefficient (Wildman–Crippen LogP) is 2.36. The van der Waals surface area contributed by atoms with Crippen molar-refractivity contribution in [2.75, 3.05) is 43.4 Å². The molecule has 0 saturated carbocycles. The minimum Gasteiger partial charge on any atom is -0.352 e. The summed E-state index contributed by atoms with van der Waals surface area (Å²) in [6.07, 6.45) is 4.07. The minimum absolute atomic E-state index is 0.0474. The molecule has 2 heterocycles. The summed E-state index contributed by atoms with van der Waals surface area (Å²) in [5, 5.41) is 6.41. The molecule has 1 fully saturated rings. The molecule has 0 unspecified atom stereocenters. The third kappa shape index (κ3) is 6.17. The van der Waals surface area contributed by atoms with E-state index >= 15 is 0 Å². The van der Waals surface area contributed by atoms with Crippen molar-refractivity contribution in [1.29, 1.82) is 0 Å². The Kier molecular flexibility index (Phi) is 7.59. The van der Waals surface area contributed by atoms with Crippen molar-refractivity contribution in [3.63, 3.8) is 0 Å². The van der Waals surface area contributed by atoms with Gasteiger partial charge < -0.3 is 20.4 Å². The number of guanidine groups is 1. The number of hydrogen-bond donors (Lipinski definition) is 2. The van der Waals surface area contributed by atoms with E-state index in [0.29, 0.717) is 18.9 Å². The molecule has 1 aromatic carbocycles. The van der Waals surface area contributed by atoms with E-state index in [1.165, 1.54) is 0 Å². The fourth-order valence-corrected chi connectivity index (χ4v) is 3.43. The number of nitrogens with zero attached hydrogens (tertiary/aromatic N) is 5. The molecule has 1 aliphatic rings. The summed E-state index contributed by atoms with van der Waals surface area (Å²) >= 11 is 0. The molecule has 160 valence electrons. The SMILES string of the molecule is CN=C(NCc1cccc(NC(=O)CC(C)C)c1)N1CCN(c2ncccn2)CC1. The number of anilines is 2. The molecule has 8 nitrogen and oxygen atoms in total. The monoisotopic (exact) mass is 409 g/mol. The Labute approximate surface area is 178 Å². The number of hydrogen-bond acceptors (Lipinski definition) is 5. The van der Waals surface area contributed by atoms with Gasteiger partial charge in [-0.05, 0) is 29.7 Å². The smallest absolute Gasteiger partial charge is 0.225 e. The van der Waals surface area contributed by atoms with Gasteiger partial charge in [0, 0.05) is 64.3 Å². The minimum atomic E-state index is 0.0474.